The standard InChI is InChI=1S/C15H24FO3P/c1-6-18-20(17,19-7-2)15(16)14-10-13(11(3)4)9-8-12(14)5/h8,13H,3,6-7,9-10H2,1-2,4-5H3/b15-14-/t13-/m1/s1. The normalized spacial score (nSPS) is 22.4. The summed E-state index contributed by atoms with van der Waals surface area (Å²) in [6.45, 7) is 11.3. The van der Waals surface area contributed by atoms with Crippen molar-refractivity contribution in [2.24, 2.45) is 5.92 Å². The van der Waals surface area contributed by atoms with Gasteiger partial charge in [-0.05, 0) is 57.6 Å². The van der Waals surface area contributed by atoms with E-state index in [9.17, 15) is 8.96 Å². The Hall–Kier alpha value is -0.700. The molecule has 1 aliphatic rings. The number of halogens is 1. The van der Waals surface area contributed by atoms with Crippen molar-refractivity contribution in [3.05, 3.63) is 34.9 Å². The van der Waals surface area contributed by atoms with Gasteiger partial charge in [0.1, 0.15) is 0 Å². The topological polar surface area (TPSA) is 35.5 Å². The molecular weight excluding hydrogens is 278 g/mol. The zero-order valence-electron chi connectivity index (χ0n) is 12.7. The van der Waals surface area contributed by atoms with Gasteiger partial charge in [-0.15, -0.1) is 0 Å². The van der Waals surface area contributed by atoms with Crippen molar-refractivity contribution in [1.82, 2.24) is 0 Å². The summed E-state index contributed by atoms with van der Waals surface area (Å²) in [5.41, 5.74) is 1.50. The molecule has 0 aliphatic heterocycles. The van der Waals surface area contributed by atoms with Crippen LogP contribution in [0.15, 0.2) is 34.9 Å². The average Bonchev–Trinajstić information content (AvgIpc) is 2.38. The summed E-state index contributed by atoms with van der Waals surface area (Å²) < 4.78 is 37.4. The quantitative estimate of drug-likeness (QED) is 0.489. The second-order valence-corrected chi connectivity index (χ2v) is 6.88. The number of allylic oxidation sites excluding steroid dienone is 4. The predicted molar refractivity (Wildman–Crippen MR) is 80.3 cm³/mol. The molecule has 0 aromatic rings. The Morgan fingerprint density at radius 2 is 2.00 bits per heavy atom. The molecule has 0 amide bonds. The highest BCUT2D eigenvalue weighted by molar-refractivity contribution is 7.58. The van der Waals surface area contributed by atoms with Gasteiger partial charge in [0.05, 0.1) is 13.2 Å². The van der Waals surface area contributed by atoms with E-state index in [4.69, 9.17) is 9.05 Å². The lowest BCUT2D eigenvalue weighted by Crippen LogP contribution is -2.10. The maximum Gasteiger partial charge on any atom is 0.389 e. The molecule has 0 spiro atoms. The van der Waals surface area contributed by atoms with Crippen LogP contribution in [0.3, 0.4) is 0 Å². The van der Waals surface area contributed by atoms with E-state index in [0.29, 0.717) is 12.0 Å². The van der Waals surface area contributed by atoms with Crippen molar-refractivity contribution in [3.63, 3.8) is 0 Å². The molecule has 0 aromatic heterocycles. The van der Waals surface area contributed by atoms with E-state index in [1.807, 2.05) is 19.9 Å². The maximum absolute atomic E-state index is 14.7. The van der Waals surface area contributed by atoms with Crippen molar-refractivity contribution >= 4 is 7.60 Å². The SMILES string of the molecule is C=C(C)[C@@H]1CC=C(C)/C(=C(/F)P(=O)(OCC)OCC)C1. The molecule has 0 heterocycles. The summed E-state index contributed by atoms with van der Waals surface area (Å²) in [5, 5.41) is 0. The molecular formula is C15H24FO3P. The molecule has 1 rings (SSSR count). The van der Waals surface area contributed by atoms with Gasteiger partial charge in [-0.1, -0.05) is 18.2 Å². The van der Waals surface area contributed by atoms with Crippen LogP contribution in [0.2, 0.25) is 0 Å². The van der Waals surface area contributed by atoms with E-state index in [2.05, 4.69) is 6.58 Å². The number of hydrogen-bond donors (Lipinski definition) is 0. The van der Waals surface area contributed by atoms with Crippen LogP contribution in [0.1, 0.15) is 40.5 Å². The molecule has 5 heteroatoms. The molecule has 0 fully saturated rings. The Balaban J connectivity index is 3.19. The van der Waals surface area contributed by atoms with Crippen LogP contribution < -0.4 is 0 Å². The van der Waals surface area contributed by atoms with Crippen molar-refractivity contribution in [2.45, 2.75) is 40.5 Å². The lowest BCUT2D eigenvalue weighted by molar-refractivity contribution is 0.219. The van der Waals surface area contributed by atoms with E-state index >= 15 is 0 Å². The summed E-state index contributed by atoms with van der Waals surface area (Å²) >= 11 is 0. The lowest BCUT2D eigenvalue weighted by Gasteiger charge is -2.25. The first-order valence-corrected chi connectivity index (χ1v) is 8.50. The smallest absolute Gasteiger partial charge is 0.304 e. The Kier molecular flexibility index (Phi) is 6.38. The summed E-state index contributed by atoms with van der Waals surface area (Å²) in [5.74, 6) is 0.177. The van der Waals surface area contributed by atoms with Gasteiger partial charge in [-0.25, -0.2) is 0 Å². The van der Waals surface area contributed by atoms with Gasteiger partial charge in [-0.3, -0.25) is 4.57 Å². The predicted octanol–water partition coefficient (Wildman–Crippen LogP) is 5.37. The van der Waals surface area contributed by atoms with E-state index in [0.717, 1.165) is 17.6 Å². The first kappa shape index (κ1) is 17.4. The summed E-state index contributed by atoms with van der Waals surface area (Å²) in [4.78, 5) is 0. The minimum absolute atomic E-state index is 0.144. The highest BCUT2D eigenvalue weighted by Crippen LogP contribution is 2.59. The molecule has 1 aliphatic carbocycles. The monoisotopic (exact) mass is 302 g/mol. The van der Waals surface area contributed by atoms with Gasteiger partial charge in [0.25, 0.3) is 0 Å². The molecule has 0 unspecified atom stereocenters. The van der Waals surface area contributed by atoms with Crippen molar-refractivity contribution in [1.29, 1.82) is 0 Å². The van der Waals surface area contributed by atoms with E-state index in [1.54, 1.807) is 13.8 Å². The van der Waals surface area contributed by atoms with Crippen molar-refractivity contribution in [2.75, 3.05) is 13.2 Å². The third-order valence-corrected chi connectivity index (χ3v) is 5.37. The summed E-state index contributed by atoms with van der Waals surface area (Å²) in [7, 11) is -3.83. The van der Waals surface area contributed by atoms with Crippen LogP contribution in [0.4, 0.5) is 4.39 Å². The molecule has 114 valence electrons. The molecule has 0 aromatic carbocycles. The zero-order chi connectivity index (χ0) is 15.3. The molecule has 1 atom stereocenters. The Labute approximate surface area is 121 Å². The fourth-order valence-electron chi connectivity index (χ4n) is 2.21. The molecule has 0 N–H and O–H groups in total. The van der Waals surface area contributed by atoms with Gasteiger partial charge < -0.3 is 9.05 Å². The van der Waals surface area contributed by atoms with Crippen molar-refractivity contribution < 1.29 is 18.0 Å². The average molecular weight is 302 g/mol. The lowest BCUT2D eigenvalue weighted by atomic mass is 9.83. The second kappa shape index (κ2) is 7.35. The first-order chi connectivity index (χ1) is 9.35. The zero-order valence-corrected chi connectivity index (χ0v) is 13.6. The van der Waals surface area contributed by atoms with E-state index in [1.165, 1.54) is 0 Å². The van der Waals surface area contributed by atoms with Crippen LogP contribution in [-0.2, 0) is 13.6 Å². The molecule has 0 radical (unpaired) electrons. The summed E-state index contributed by atoms with van der Waals surface area (Å²) in [6, 6.07) is 0. The highest BCUT2D eigenvalue weighted by Gasteiger charge is 2.35. The van der Waals surface area contributed by atoms with Crippen LogP contribution in [-0.4, -0.2) is 13.2 Å². The van der Waals surface area contributed by atoms with Crippen molar-refractivity contribution in [3.8, 4) is 0 Å². The van der Waals surface area contributed by atoms with Crippen LogP contribution in [0, 0.1) is 5.92 Å². The Morgan fingerprint density at radius 3 is 2.45 bits per heavy atom. The van der Waals surface area contributed by atoms with Gasteiger partial charge in [0.2, 0.25) is 5.57 Å². The van der Waals surface area contributed by atoms with Crippen LogP contribution in [0.5, 0.6) is 0 Å². The van der Waals surface area contributed by atoms with Crippen LogP contribution >= 0.6 is 7.60 Å². The molecule has 0 bridgehead atoms. The van der Waals surface area contributed by atoms with E-state index < -0.39 is 13.2 Å². The number of rotatable bonds is 6. The fourth-order valence-corrected chi connectivity index (χ4v) is 3.79. The third-order valence-electron chi connectivity index (χ3n) is 3.42. The molecule has 3 nitrogen and oxygen atoms in total. The fraction of sp³-hybridized carbons (Fsp3) is 0.600. The first-order valence-electron chi connectivity index (χ1n) is 6.96. The third kappa shape index (κ3) is 3.91. The Morgan fingerprint density at radius 1 is 1.45 bits per heavy atom. The minimum Gasteiger partial charge on any atom is -0.304 e. The van der Waals surface area contributed by atoms with Gasteiger partial charge >= 0.3 is 7.60 Å². The van der Waals surface area contributed by atoms with Gasteiger partial charge in [0, 0.05) is 0 Å². The second-order valence-electron chi connectivity index (χ2n) is 4.97. The van der Waals surface area contributed by atoms with Crippen LogP contribution in [0.25, 0.3) is 0 Å². The number of hydrogen-bond acceptors (Lipinski definition) is 3. The maximum atomic E-state index is 14.7. The molecule has 0 saturated carbocycles. The highest BCUT2D eigenvalue weighted by atomic mass is 31.2. The molecule has 0 saturated heterocycles. The van der Waals surface area contributed by atoms with E-state index in [-0.39, 0.29) is 19.1 Å². The minimum atomic E-state index is -3.83. The summed E-state index contributed by atoms with van der Waals surface area (Å²) in [6.07, 6.45) is 3.29. The van der Waals surface area contributed by atoms with Gasteiger partial charge in [-0.2, -0.15) is 4.39 Å². The van der Waals surface area contributed by atoms with Gasteiger partial charge in [0.15, 0.2) is 0 Å². The molecule has 20 heavy (non-hydrogen) atoms. The Bertz CT molecular complexity index is 470. The largest absolute Gasteiger partial charge is 0.389 e.